The maximum absolute atomic E-state index is 13.2. The molecule has 9 heteroatoms. The molecule has 0 amide bonds. The molecule has 26 heavy (non-hydrogen) atoms. The van der Waals surface area contributed by atoms with Gasteiger partial charge in [0.25, 0.3) is 5.56 Å². The molecule has 1 aromatic heterocycles. The highest BCUT2D eigenvalue weighted by atomic mass is 32.2. The Kier molecular flexibility index (Phi) is 6.01. The van der Waals surface area contributed by atoms with E-state index in [1.807, 2.05) is 13.8 Å². The SMILES string of the molecule is CC(C)Cn1c(N)c(C(=O)CSc2ccc(F)c(F)c2)c(=O)n(C)c1=O. The fraction of sp³-hybridized carbons (Fsp3) is 0.353. The highest BCUT2D eigenvalue weighted by Crippen LogP contribution is 2.22. The van der Waals surface area contributed by atoms with Crippen molar-refractivity contribution in [2.75, 3.05) is 11.5 Å². The highest BCUT2D eigenvalue weighted by Gasteiger charge is 2.22. The first-order chi connectivity index (χ1) is 12.1. The van der Waals surface area contributed by atoms with E-state index >= 15 is 0 Å². The number of nitrogen functional groups attached to an aromatic ring is 1. The predicted octanol–water partition coefficient (Wildman–Crippen LogP) is 2.04. The summed E-state index contributed by atoms with van der Waals surface area (Å²) in [5.41, 5.74) is 4.28. The predicted molar refractivity (Wildman–Crippen MR) is 96.6 cm³/mol. The molecule has 0 unspecified atom stereocenters. The van der Waals surface area contributed by atoms with E-state index in [-0.39, 0.29) is 29.6 Å². The van der Waals surface area contributed by atoms with E-state index < -0.39 is 28.7 Å². The van der Waals surface area contributed by atoms with Gasteiger partial charge >= 0.3 is 5.69 Å². The lowest BCUT2D eigenvalue weighted by atomic mass is 10.2. The lowest BCUT2D eigenvalue weighted by Crippen LogP contribution is -2.43. The molecular weight excluding hydrogens is 364 g/mol. The van der Waals surface area contributed by atoms with Gasteiger partial charge in [0.2, 0.25) is 0 Å². The number of anilines is 1. The second-order valence-corrected chi connectivity index (χ2v) is 7.25. The van der Waals surface area contributed by atoms with Crippen molar-refractivity contribution in [1.82, 2.24) is 9.13 Å². The van der Waals surface area contributed by atoms with Crippen molar-refractivity contribution in [3.63, 3.8) is 0 Å². The zero-order valence-corrected chi connectivity index (χ0v) is 15.4. The van der Waals surface area contributed by atoms with Crippen molar-refractivity contribution in [2.24, 2.45) is 13.0 Å². The van der Waals surface area contributed by atoms with Crippen molar-refractivity contribution in [3.8, 4) is 0 Å². The van der Waals surface area contributed by atoms with Gasteiger partial charge in [0, 0.05) is 18.5 Å². The Balaban J connectivity index is 2.36. The van der Waals surface area contributed by atoms with Crippen LogP contribution in [0.25, 0.3) is 0 Å². The number of ketones is 1. The first kappa shape index (κ1) is 19.9. The molecule has 0 aliphatic carbocycles. The number of rotatable bonds is 6. The summed E-state index contributed by atoms with van der Waals surface area (Å²) in [4.78, 5) is 37.4. The van der Waals surface area contributed by atoms with Gasteiger partial charge in [-0.05, 0) is 24.1 Å². The molecule has 0 bridgehead atoms. The van der Waals surface area contributed by atoms with E-state index in [1.165, 1.54) is 17.7 Å². The van der Waals surface area contributed by atoms with Crippen LogP contribution in [0.1, 0.15) is 24.2 Å². The molecule has 0 spiro atoms. The Morgan fingerprint density at radius 1 is 1.23 bits per heavy atom. The van der Waals surface area contributed by atoms with Gasteiger partial charge in [0.05, 0.1) is 5.75 Å². The molecule has 6 nitrogen and oxygen atoms in total. The van der Waals surface area contributed by atoms with Crippen LogP contribution in [-0.4, -0.2) is 20.7 Å². The fourth-order valence-corrected chi connectivity index (χ4v) is 3.17. The second kappa shape index (κ2) is 7.86. The molecule has 0 saturated carbocycles. The number of hydrogen-bond acceptors (Lipinski definition) is 5. The molecule has 0 saturated heterocycles. The summed E-state index contributed by atoms with van der Waals surface area (Å²) in [7, 11) is 1.28. The monoisotopic (exact) mass is 383 g/mol. The third kappa shape index (κ3) is 4.04. The molecular formula is C17H19F2N3O3S. The van der Waals surface area contributed by atoms with Gasteiger partial charge in [-0.25, -0.2) is 13.6 Å². The topological polar surface area (TPSA) is 87.1 Å². The van der Waals surface area contributed by atoms with Gasteiger partial charge in [-0.1, -0.05) is 13.8 Å². The maximum Gasteiger partial charge on any atom is 0.332 e. The zero-order valence-electron chi connectivity index (χ0n) is 14.6. The van der Waals surface area contributed by atoms with Crippen LogP contribution >= 0.6 is 11.8 Å². The normalized spacial score (nSPS) is 11.2. The number of benzene rings is 1. The second-order valence-electron chi connectivity index (χ2n) is 6.20. The average Bonchev–Trinajstić information content (AvgIpc) is 2.58. The number of carbonyl (C=O) groups is 1. The molecule has 0 aliphatic rings. The van der Waals surface area contributed by atoms with E-state index in [0.29, 0.717) is 4.90 Å². The molecule has 1 aromatic carbocycles. The summed E-state index contributed by atoms with van der Waals surface area (Å²) in [6.07, 6.45) is 0. The molecule has 0 radical (unpaired) electrons. The standard InChI is InChI=1S/C17H19F2N3O3S/c1-9(2)7-22-15(20)14(16(24)21(3)17(22)25)13(23)8-26-10-4-5-11(18)12(19)6-10/h4-6,9H,7-8,20H2,1-3H3. The number of hydrogen-bond donors (Lipinski definition) is 1. The minimum Gasteiger partial charge on any atom is -0.384 e. The van der Waals surface area contributed by atoms with Crippen LogP contribution in [0.3, 0.4) is 0 Å². The molecule has 2 aromatic rings. The van der Waals surface area contributed by atoms with Crippen molar-refractivity contribution in [1.29, 1.82) is 0 Å². The van der Waals surface area contributed by atoms with Gasteiger partial charge in [0.15, 0.2) is 17.4 Å². The van der Waals surface area contributed by atoms with Crippen molar-refractivity contribution in [2.45, 2.75) is 25.3 Å². The summed E-state index contributed by atoms with van der Waals surface area (Å²) in [6.45, 7) is 4.00. The number of aromatic nitrogens is 2. The van der Waals surface area contributed by atoms with E-state index in [9.17, 15) is 23.2 Å². The van der Waals surface area contributed by atoms with Crippen LogP contribution < -0.4 is 17.0 Å². The zero-order chi connectivity index (χ0) is 19.6. The third-order valence-corrected chi connectivity index (χ3v) is 4.66. The Hall–Kier alpha value is -2.42. The lowest BCUT2D eigenvalue weighted by molar-refractivity contribution is 0.102. The molecule has 0 atom stereocenters. The number of carbonyl (C=O) groups excluding carboxylic acids is 1. The summed E-state index contributed by atoms with van der Waals surface area (Å²) >= 11 is 0.946. The van der Waals surface area contributed by atoms with E-state index in [2.05, 4.69) is 0 Å². The van der Waals surface area contributed by atoms with Gasteiger partial charge in [-0.3, -0.25) is 18.7 Å². The van der Waals surface area contributed by atoms with Gasteiger partial charge in [-0.15, -0.1) is 11.8 Å². The van der Waals surface area contributed by atoms with E-state index in [4.69, 9.17) is 5.73 Å². The molecule has 1 heterocycles. The number of halogens is 2. The van der Waals surface area contributed by atoms with Crippen molar-refractivity contribution < 1.29 is 13.6 Å². The average molecular weight is 383 g/mol. The van der Waals surface area contributed by atoms with Crippen LogP contribution in [0.4, 0.5) is 14.6 Å². The Bertz CT molecular complexity index is 967. The first-order valence-corrected chi connectivity index (χ1v) is 8.82. The number of nitrogens with two attached hydrogens (primary N) is 1. The molecule has 140 valence electrons. The van der Waals surface area contributed by atoms with Crippen LogP contribution in [0.2, 0.25) is 0 Å². The maximum atomic E-state index is 13.2. The number of thioether (sulfide) groups is 1. The molecule has 2 rings (SSSR count). The highest BCUT2D eigenvalue weighted by molar-refractivity contribution is 8.00. The number of Topliss-reactive ketones (excluding diaryl/α,β-unsaturated/α-hetero) is 1. The summed E-state index contributed by atoms with van der Waals surface area (Å²) < 4.78 is 28.2. The van der Waals surface area contributed by atoms with Crippen LogP contribution in [0, 0.1) is 17.6 Å². The minimum absolute atomic E-state index is 0.0759. The van der Waals surface area contributed by atoms with Crippen molar-refractivity contribution in [3.05, 3.63) is 56.2 Å². The van der Waals surface area contributed by atoms with Crippen LogP contribution in [-0.2, 0) is 13.6 Å². The molecule has 0 fully saturated rings. The van der Waals surface area contributed by atoms with E-state index in [0.717, 1.165) is 28.5 Å². The fourth-order valence-electron chi connectivity index (χ4n) is 2.37. The van der Waals surface area contributed by atoms with E-state index in [1.54, 1.807) is 0 Å². The first-order valence-electron chi connectivity index (χ1n) is 7.83. The molecule has 0 aliphatic heterocycles. The number of nitrogens with zero attached hydrogens (tertiary/aromatic N) is 2. The third-order valence-electron chi connectivity index (χ3n) is 3.67. The Morgan fingerprint density at radius 3 is 2.46 bits per heavy atom. The van der Waals surface area contributed by atoms with Crippen LogP contribution in [0.5, 0.6) is 0 Å². The quantitative estimate of drug-likeness (QED) is 0.609. The summed E-state index contributed by atoms with van der Waals surface area (Å²) in [5.74, 6) is -2.90. The smallest absolute Gasteiger partial charge is 0.332 e. The van der Waals surface area contributed by atoms with Gasteiger partial charge < -0.3 is 5.73 Å². The van der Waals surface area contributed by atoms with Crippen LogP contribution in [0.15, 0.2) is 32.7 Å². The Labute approximate surface area is 152 Å². The summed E-state index contributed by atoms with van der Waals surface area (Å²) in [5, 5.41) is 0. The van der Waals surface area contributed by atoms with Crippen molar-refractivity contribution >= 4 is 23.4 Å². The van der Waals surface area contributed by atoms with Gasteiger partial charge in [-0.2, -0.15) is 0 Å². The largest absolute Gasteiger partial charge is 0.384 e. The minimum atomic E-state index is -1.02. The Morgan fingerprint density at radius 2 is 1.88 bits per heavy atom. The summed E-state index contributed by atoms with van der Waals surface area (Å²) in [6, 6.07) is 3.25. The lowest BCUT2D eigenvalue weighted by Gasteiger charge is -2.16. The van der Waals surface area contributed by atoms with Gasteiger partial charge in [0.1, 0.15) is 11.4 Å². The molecule has 2 N–H and O–H groups in total.